The Labute approximate surface area is 419 Å². The van der Waals surface area contributed by atoms with E-state index in [9.17, 15) is 0 Å². The summed E-state index contributed by atoms with van der Waals surface area (Å²) in [5.41, 5.74) is 38.7. The fraction of sp³-hybridized carbons (Fsp3) is 0.0294. The molecule has 5 aliphatic rings. The second-order valence-electron chi connectivity index (χ2n) is 20.1. The monoisotopic (exact) mass is 913 g/mol. The molecule has 2 N–H and O–H groups in total. The van der Waals surface area contributed by atoms with Crippen LogP contribution in [0, 0.1) is 0 Å². The molecule has 2 aliphatic heterocycles. The predicted molar refractivity (Wildman–Crippen MR) is 300 cm³/mol. The molecule has 0 fully saturated rings. The summed E-state index contributed by atoms with van der Waals surface area (Å²) in [7, 11) is 0. The van der Waals surface area contributed by atoms with Crippen molar-refractivity contribution in [3.8, 4) is 55.6 Å². The molecule has 0 saturated heterocycles. The summed E-state index contributed by atoms with van der Waals surface area (Å²) < 4.78 is 0. The Balaban J connectivity index is 1.03. The number of nitrogens with two attached hydrogens (primary N) is 1. The van der Waals surface area contributed by atoms with E-state index in [2.05, 4.69) is 252 Å². The minimum absolute atomic E-state index is 0.120. The number of hydrogen-bond donors (Lipinski definition) is 1. The van der Waals surface area contributed by atoms with Gasteiger partial charge in [-0.25, -0.2) is 0 Å². The van der Waals surface area contributed by atoms with Gasteiger partial charge in [-0.15, -0.1) is 0 Å². The Bertz CT molecular complexity index is 4060. The molecule has 0 aromatic heterocycles. The summed E-state index contributed by atoms with van der Waals surface area (Å²) in [5.74, 6) is 0. The SMILES string of the molecule is Nc1cc2c3c(c1)N(c1cccc4c1C1(c5ccccc5-c5ccccc51)c1ccccc1-4)c1ccc(-c4ccccc4)cc1B3c1cc(-c3ccccc3)ccc1N2c1cccc2c1Cc1ccccc1-2. The van der Waals surface area contributed by atoms with Gasteiger partial charge in [0.05, 0.1) is 16.8 Å². The number of anilines is 7. The van der Waals surface area contributed by atoms with Crippen molar-refractivity contribution in [2.75, 3.05) is 15.5 Å². The first-order valence-corrected chi connectivity index (χ1v) is 25.2. The van der Waals surface area contributed by atoms with E-state index in [4.69, 9.17) is 5.73 Å². The maximum Gasteiger partial charge on any atom is 0.252 e. The first kappa shape index (κ1) is 39.7. The molecule has 72 heavy (non-hydrogen) atoms. The Morgan fingerprint density at radius 3 is 1.39 bits per heavy atom. The maximum absolute atomic E-state index is 7.40. The molecule has 4 heteroatoms. The van der Waals surface area contributed by atoms with E-state index in [1.165, 1.54) is 117 Å². The van der Waals surface area contributed by atoms with Crippen molar-refractivity contribution >= 4 is 62.9 Å². The van der Waals surface area contributed by atoms with Crippen molar-refractivity contribution in [1.29, 1.82) is 0 Å². The van der Waals surface area contributed by atoms with Crippen LogP contribution in [-0.2, 0) is 11.8 Å². The summed E-state index contributed by atoms with van der Waals surface area (Å²) >= 11 is 0. The summed E-state index contributed by atoms with van der Waals surface area (Å²) in [4.78, 5) is 5.16. The number of fused-ring (bicyclic) bond motifs is 17. The maximum atomic E-state index is 7.40. The van der Waals surface area contributed by atoms with E-state index >= 15 is 0 Å². The van der Waals surface area contributed by atoms with Crippen LogP contribution in [0.25, 0.3) is 55.6 Å². The standard InChI is InChI=1S/C68H44BN3/c70-47-40-64-67-65(41-47)72(63-32-16-27-53-52-25-11-14-30-57(52)68(66(53)63)55-28-12-9-23-50(55)51-24-10-13-29-56(51)68)62-36-34-45(43-19-5-2-6-20-43)39-59(62)69(67)58-38-44(42-17-3-1-4-18-42)33-35-61(58)71(64)60-31-15-26-49-48-22-8-7-21-46(48)37-54(49)60/h1-36,38-41H,37,70H2. The van der Waals surface area contributed by atoms with Crippen LogP contribution in [0.3, 0.4) is 0 Å². The second kappa shape index (κ2) is 14.7. The van der Waals surface area contributed by atoms with Crippen LogP contribution in [-0.4, -0.2) is 6.71 Å². The average Bonchev–Trinajstić information content (AvgIpc) is 4.08. The number of nitrogens with zero attached hydrogens (tertiary/aromatic N) is 2. The molecule has 0 saturated carbocycles. The van der Waals surface area contributed by atoms with Crippen LogP contribution in [0.15, 0.2) is 243 Å². The summed E-state index contributed by atoms with van der Waals surface area (Å²) in [6.45, 7) is -0.120. The molecule has 0 bridgehead atoms. The van der Waals surface area contributed by atoms with Gasteiger partial charge in [0.1, 0.15) is 0 Å². The number of hydrogen-bond acceptors (Lipinski definition) is 3. The van der Waals surface area contributed by atoms with Gasteiger partial charge in [0.2, 0.25) is 0 Å². The van der Waals surface area contributed by atoms with Gasteiger partial charge in [-0.05, 0) is 136 Å². The minimum Gasteiger partial charge on any atom is -0.399 e. The van der Waals surface area contributed by atoms with Gasteiger partial charge in [-0.2, -0.15) is 0 Å². The van der Waals surface area contributed by atoms with Crippen molar-refractivity contribution in [2.45, 2.75) is 11.8 Å². The number of nitrogen functional groups attached to an aromatic ring is 1. The van der Waals surface area contributed by atoms with E-state index in [1.807, 2.05) is 0 Å². The van der Waals surface area contributed by atoms with E-state index < -0.39 is 5.41 Å². The zero-order chi connectivity index (χ0) is 47.2. The summed E-state index contributed by atoms with van der Waals surface area (Å²) in [6.07, 6.45) is 0.862. The molecule has 0 radical (unpaired) electrons. The van der Waals surface area contributed by atoms with Gasteiger partial charge in [0.25, 0.3) is 6.71 Å². The normalized spacial score (nSPS) is 14.1. The molecule has 2 heterocycles. The van der Waals surface area contributed by atoms with Gasteiger partial charge >= 0.3 is 0 Å². The van der Waals surface area contributed by atoms with Crippen molar-refractivity contribution in [3.63, 3.8) is 0 Å². The fourth-order valence-corrected chi connectivity index (χ4v) is 13.8. The quantitative estimate of drug-likeness (QED) is 0.141. The third-order valence-corrected chi connectivity index (χ3v) is 16.6. The highest BCUT2D eigenvalue weighted by molar-refractivity contribution is 7.00. The van der Waals surface area contributed by atoms with E-state index in [0.717, 1.165) is 34.9 Å². The number of rotatable bonds is 4. The third kappa shape index (κ3) is 5.20. The minimum atomic E-state index is -0.570. The third-order valence-electron chi connectivity index (χ3n) is 16.6. The molecule has 0 unspecified atom stereocenters. The molecule has 0 amide bonds. The van der Waals surface area contributed by atoms with Gasteiger partial charge < -0.3 is 15.5 Å². The van der Waals surface area contributed by atoms with Gasteiger partial charge in [-0.1, -0.05) is 206 Å². The van der Waals surface area contributed by atoms with Crippen molar-refractivity contribution in [2.24, 2.45) is 0 Å². The lowest BCUT2D eigenvalue weighted by atomic mass is 9.33. The highest BCUT2D eigenvalue weighted by Gasteiger charge is 2.54. The Morgan fingerprint density at radius 2 is 0.806 bits per heavy atom. The summed E-state index contributed by atoms with van der Waals surface area (Å²) in [6, 6.07) is 90.8. The lowest BCUT2D eigenvalue weighted by Gasteiger charge is -2.46. The molecular weight excluding hydrogens is 870 g/mol. The molecule has 0 atom stereocenters. The predicted octanol–water partition coefficient (Wildman–Crippen LogP) is 14.6. The zero-order valence-electron chi connectivity index (χ0n) is 39.4. The van der Waals surface area contributed by atoms with E-state index in [0.29, 0.717) is 0 Å². The molecule has 11 aromatic carbocycles. The Hall–Kier alpha value is -9.12. The molecular formula is C68H44BN3. The van der Waals surface area contributed by atoms with E-state index in [1.54, 1.807) is 0 Å². The zero-order valence-corrected chi connectivity index (χ0v) is 39.4. The van der Waals surface area contributed by atoms with Gasteiger partial charge in [0.15, 0.2) is 0 Å². The Kier molecular flexibility index (Phi) is 8.11. The first-order valence-electron chi connectivity index (χ1n) is 25.2. The first-order chi connectivity index (χ1) is 35.6. The number of benzene rings is 11. The van der Waals surface area contributed by atoms with Crippen LogP contribution < -0.4 is 31.9 Å². The van der Waals surface area contributed by atoms with Crippen LogP contribution in [0.4, 0.5) is 39.8 Å². The van der Waals surface area contributed by atoms with Crippen LogP contribution >= 0.6 is 0 Å². The topological polar surface area (TPSA) is 32.5 Å². The smallest absolute Gasteiger partial charge is 0.252 e. The highest BCUT2D eigenvalue weighted by atomic mass is 15.2. The van der Waals surface area contributed by atoms with Crippen LogP contribution in [0.1, 0.15) is 33.4 Å². The lowest BCUT2D eigenvalue weighted by Crippen LogP contribution is -2.61. The summed E-state index contributed by atoms with van der Waals surface area (Å²) in [5, 5.41) is 0. The molecule has 1 spiro atoms. The van der Waals surface area contributed by atoms with Crippen molar-refractivity contribution in [1.82, 2.24) is 0 Å². The van der Waals surface area contributed by atoms with Crippen molar-refractivity contribution < 1.29 is 0 Å². The van der Waals surface area contributed by atoms with Crippen molar-refractivity contribution in [3.05, 3.63) is 276 Å². The molecule has 11 aromatic rings. The van der Waals surface area contributed by atoms with Gasteiger partial charge in [0, 0.05) is 40.4 Å². The second-order valence-corrected chi connectivity index (χ2v) is 20.1. The van der Waals surface area contributed by atoms with Gasteiger partial charge in [-0.3, -0.25) is 0 Å². The van der Waals surface area contributed by atoms with Crippen LogP contribution in [0.2, 0.25) is 0 Å². The Morgan fingerprint density at radius 1 is 0.347 bits per heavy atom. The van der Waals surface area contributed by atoms with E-state index in [-0.39, 0.29) is 6.71 Å². The fourth-order valence-electron chi connectivity index (χ4n) is 13.8. The largest absolute Gasteiger partial charge is 0.399 e. The average molecular weight is 914 g/mol. The molecule has 3 aliphatic carbocycles. The van der Waals surface area contributed by atoms with Crippen LogP contribution in [0.5, 0.6) is 0 Å². The molecule has 334 valence electrons. The highest BCUT2D eigenvalue weighted by Crippen LogP contribution is 2.65. The lowest BCUT2D eigenvalue weighted by molar-refractivity contribution is 0.793. The molecule has 3 nitrogen and oxygen atoms in total. The molecule has 16 rings (SSSR count).